The molecule has 0 aliphatic carbocycles. The van der Waals surface area contributed by atoms with Crippen LogP contribution >= 0.6 is 15.9 Å². The van der Waals surface area contributed by atoms with Gasteiger partial charge in [-0.15, -0.1) is 0 Å². The molecule has 0 spiro atoms. The van der Waals surface area contributed by atoms with Crippen molar-refractivity contribution in [3.8, 4) is 5.75 Å². The summed E-state index contributed by atoms with van der Waals surface area (Å²) >= 11 is 3.03. The Morgan fingerprint density at radius 1 is 1.60 bits per heavy atom. The molecule has 1 rings (SSSR count). The van der Waals surface area contributed by atoms with E-state index in [4.69, 9.17) is 5.11 Å². The Morgan fingerprint density at radius 3 is 2.70 bits per heavy atom. The van der Waals surface area contributed by atoms with Crippen molar-refractivity contribution in [3.05, 3.63) is 23.8 Å². The van der Waals surface area contributed by atoms with E-state index in [0.29, 0.717) is 5.33 Å². The SMILES string of the molecule is Oc1cncc(F)c1CBr. The summed E-state index contributed by atoms with van der Waals surface area (Å²) in [6.07, 6.45) is 2.27. The van der Waals surface area contributed by atoms with E-state index in [-0.39, 0.29) is 11.3 Å². The number of pyridine rings is 1. The average Bonchev–Trinajstić information content (AvgIpc) is 1.88. The molecule has 0 saturated heterocycles. The maximum absolute atomic E-state index is 12.6. The summed E-state index contributed by atoms with van der Waals surface area (Å²) in [6.45, 7) is 0. The maximum atomic E-state index is 12.6. The lowest BCUT2D eigenvalue weighted by Gasteiger charge is -1.98. The Balaban J connectivity index is 3.17. The molecule has 0 radical (unpaired) electrons. The van der Waals surface area contributed by atoms with Gasteiger partial charge >= 0.3 is 0 Å². The number of alkyl halides is 1. The molecule has 1 aromatic rings. The molecule has 0 saturated carbocycles. The lowest BCUT2D eigenvalue weighted by Crippen LogP contribution is -1.87. The third-order valence-electron chi connectivity index (χ3n) is 1.12. The molecule has 0 aliphatic heterocycles. The summed E-state index contributed by atoms with van der Waals surface area (Å²) in [7, 11) is 0. The summed E-state index contributed by atoms with van der Waals surface area (Å²) in [5, 5.41) is 9.26. The van der Waals surface area contributed by atoms with E-state index in [1.165, 1.54) is 6.20 Å². The molecule has 10 heavy (non-hydrogen) atoms. The second-order valence-corrected chi connectivity index (χ2v) is 2.31. The number of nitrogens with zero attached hydrogens (tertiary/aromatic N) is 1. The minimum absolute atomic E-state index is 0.114. The number of hydrogen-bond donors (Lipinski definition) is 1. The molecular weight excluding hydrogens is 201 g/mol. The van der Waals surface area contributed by atoms with Crippen molar-refractivity contribution in [3.63, 3.8) is 0 Å². The van der Waals surface area contributed by atoms with Crippen molar-refractivity contribution in [1.29, 1.82) is 0 Å². The molecule has 1 N–H and O–H groups in total. The van der Waals surface area contributed by atoms with Gasteiger partial charge < -0.3 is 5.11 Å². The van der Waals surface area contributed by atoms with Crippen LogP contribution in [-0.2, 0) is 5.33 Å². The molecule has 1 aromatic heterocycles. The Kier molecular flexibility index (Phi) is 2.21. The van der Waals surface area contributed by atoms with E-state index >= 15 is 0 Å². The highest BCUT2D eigenvalue weighted by atomic mass is 79.9. The van der Waals surface area contributed by atoms with Crippen LogP contribution in [0.25, 0.3) is 0 Å². The molecule has 0 aliphatic rings. The lowest BCUT2D eigenvalue weighted by molar-refractivity contribution is 0.458. The third kappa shape index (κ3) is 1.26. The van der Waals surface area contributed by atoms with Crippen LogP contribution in [-0.4, -0.2) is 10.1 Å². The normalized spacial score (nSPS) is 9.80. The minimum Gasteiger partial charge on any atom is -0.506 e. The van der Waals surface area contributed by atoms with Gasteiger partial charge in [-0.25, -0.2) is 4.39 Å². The van der Waals surface area contributed by atoms with E-state index in [0.717, 1.165) is 6.20 Å². The molecule has 0 fully saturated rings. The molecular formula is C6H5BrFNO. The average molecular weight is 206 g/mol. The fourth-order valence-corrected chi connectivity index (χ4v) is 1.14. The number of aromatic nitrogens is 1. The van der Waals surface area contributed by atoms with Crippen LogP contribution in [0.1, 0.15) is 5.56 Å². The smallest absolute Gasteiger partial charge is 0.149 e. The van der Waals surface area contributed by atoms with Crippen molar-refractivity contribution in [1.82, 2.24) is 4.98 Å². The van der Waals surface area contributed by atoms with Crippen LogP contribution in [0.3, 0.4) is 0 Å². The van der Waals surface area contributed by atoms with Gasteiger partial charge in [-0.3, -0.25) is 4.98 Å². The van der Waals surface area contributed by atoms with Crippen LogP contribution in [0.4, 0.5) is 4.39 Å². The summed E-state index contributed by atoms with van der Waals surface area (Å²) in [5.41, 5.74) is 0.245. The van der Waals surface area contributed by atoms with E-state index in [1.54, 1.807) is 0 Å². The Morgan fingerprint density at radius 2 is 2.30 bits per heavy atom. The molecule has 0 atom stereocenters. The first-order valence-corrected chi connectivity index (χ1v) is 3.75. The zero-order valence-electron chi connectivity index (χ0n) is 5.01. The van der Waals surface area contributed by atoms with Crippen molar-refractivity contribution in [2.24, 2.45) is 0 Å². The van der Waals surface area contributed by atoms with Crippen LogP contribution in [0.15, 0.2) is 12.4 Å². The monoisotopic (exact) mass is 205 g/mol. The second-order valence-electron chi connectivity index (χ2n) is 1.75. The number of rotatable bonds is 1. The largest absolute Gasteiger partial charge is 0.506 e. The van der Waals surface area contributed by atoms with Gasteiger partial charge in [0, 0.05) is 10.9 Å². The maximum Gasteiger partial charge on any atom is 0.149 e. The van der Waals surface area contributed by atoms with Crippen LogP contribution < -0.4 is 0 Å². The van der Waals surface area contributed by atoms with Gasteiger partial charge in [-0.1, -0.05) is 15.9 Å². The van der Waals surface area contributed by atoms with Crippen molar-refractivity contribution in [2.75, 3.05) is 0 Å². The molecule has 0 unspecified atom stereocenters. The molecule has 4 heteroatoms. The standard InChI is InChI=1S/C6H5BrFNO/c7-1-4-5(8)2-9-3-6(4)10/h2-3,10H,1H2. The highest BCUT2D eigenvalue weighted by Gasteiger charge is 2.04. The molecule has 1 heterocycles. The summed E-state index contributed by atoms with van der Waals surface area (Å²) in [4.78, 5) is 3.45. The highest BCUT2D eigenvalue weighted by Crippen LogP contribution is 2.20. The van der Waals surface area contributed by atoms with E-state index in [1.807, 2.05) is 0 Å². The zero-order chi connectivity index (χ0) is 7.56. The molecule has 54 valence electrons. The van der Waals surface area contributed by atoms with Gasteiger partial charge in [0.1, 0.15) is 11.6 Å². The molecule has 2 nitrogen and oxygen atoms in total. The Bertz CT molecular complexity index is 221. The molecule has 0 amide bonds. The lowest BCUT2D eigenvalue weighted by atomic mass is 10.3. The van der Waals surface area contributed by atoms with E-state index in [9.17, 15) is 4.39 Å². The van der Waals surface area contributed by atoms with Gasteiger partial charge in [-0.05, 0) is 0 Å². The fourth-order valence-electron chi connectivity index (χ4n) is 0.584. The quantitative estimate of drug-likeness (QED) is 0.711. The minimum atomic E-state index is -0.489. The van der Waals surface area contributed by atoms with Crippen molar-refractivity contribution in [2.45, 2.75) is 5.33 Å². The predicted octanol–water partition coefficient (Wildman–Crippen LogP) is 1.82. The van der Waals surface area contributed by atoms with Gasteiger partial charge in [-0.2, -0.15) is 0 Å². The van der Waals surface area contributed by atoms with Crippen molar-refractivity contribution >= 4 is 15.9 Å². The predicted molar refractivity (Wildman–Crippen MR) is 38.5 cm³/mol. The zero-order valence-corrected chi connectivity index (χ0v) is 6.60. The molecule has 0 aromatic carbocycles. The number of halogens is 2. The van der Waals surface area contributed by atoms with E-state index in [2.05, 4.69) is 20.9 Å². The number of hydrogen-bond acceptors (Lipinski definition) is 2. The van der Waals surface area contributed by atoms with Gasteiger partial charge in [0.25, 0.3) is 0 Å². The first kappa shape index (κ1) is 7.47. The molecule has 0 bridgehead atoms. The highest BCUT2D eigenvalue weighted by molar-refractivity contribution is 9.08. The second kappa shape index (κ2) is 2.96. The van der Waals surface area contributed by atoms with Crippen LogP contribution in [0, 0.1) is 5.82 Å². The van der Waals surface area contributed by atoms with E-state index < -0.39 is 5.82 Å². The summed E-state index contributed by atoms with van der Waals surface area (Å²) in [6, 6.07) is 0. The summed E-state index contributed by atoms with van der Waals surface area (Å²) < 4.78 is 12.6. The van der Waals surface area contributed by atoms with Gasteiger partial charge in [0.15, 0.2) is 0 Å². The van der Waals surface area contributed by atoms with Gasteiger partial charge in [0.2, 0.25) is 0 Å². The number of aromatic hydroxyl groups is 1. The van der Waals surface area contributed by atoms with Gasteiger partial charge in [0.05, 0.1) is 12.4 Å². The Hall–Kier alpha value is -0.640. The fraction of sp³-hybridized carbons (Fsp3) is 0.167. The third-order valence-corrected chi connectivity index (χ3v) is 1.68. The van der Waals surface area contributed by atoms with Crippen LogP contribution in [0.5, 0.6) is 5.75 Å². The van der Waals surface area contributed by atoms with Crippen LogP contribution in [0.2, 0.25) is 0 Å². The topological polar surface area (TPSA) is 33.1 Å². The summed E-state index contributed by atoms with van der Waals surface area (Å²) in [5.74, 6) is -0.603. The first-order valence-electron chi connectivity index (χ1n) is 2.63. The van der Waals surface area contributed by atoms with Crippen molar-refractivity contribution < 1.29 is 9.50 Å². The Labute approximate surface area is 65.8 Å². The first-order chi connectivity index (χ1) is 4.75.